The fourth-order valence-corrected chi connectivity index (χ4v) is 3.21. The monoisotopic (exact) mass is 274 g/mol. The van der Waals surface area contributed by atoms with Crippen molar-refractivity contribution < 1.29 is 9.59 Å². The zero-order chi connectivity index (χ0) is 13.2. The van der Waals surface area contributed by atoms with E-state index in [1.165, 1.54) is 0 Å². The number of carbonyl (C=O) groups is 2. The highest BCUT2D eigenvalue weighted by atomic mass is 32.1. The Balaban J connectivity index is 1.75. The Morgan fingerprint density at radius 3 is 3.00 bits per heavy atom. The summed E-state index contributed by atoms with van der Waals surface area (Å²) in [7, 11) is 0. The third-order valence-electron chi connectivity index (χ3n) is 3.33. The number of fused-ring (bicyclic) bond motifs is 1. The third kappa shape index (κ3) is 2.46. The van der Waals surface area contributed by atoms with Crippen LogP contribution in [0, 0.1) is 0 Å². The first-order valence-corrected chi connectivity index (χ1v) is 7.16. The number of piperidine rings is 1. The molecule has 98 valence electrons. The molecule has 0 radical (unpaired) electrons. The topological polar surface area (TPSA) is 58.2 Å². The molecule has 1 aliphatic rings. The van der Waals surface area contributed by atoms with Gasteiger partial charge in [0, 0.05) is 34.5 Å². The SMILES string of the molecule is O=C1CCC(NC(=O)c2csc3ccccc23)CN1. The Hall–Kier alpha value is -1.88. The van der Waals surface area contributed by atoms with E-state index in [9.17, 15) is 9.59 Å². The molecule has 2 amide bonds. The van der Waals surface area contributed by atoms with Gasteiger partial charge in [0.1, 0.15) is 0 Å². The number of thiophene rings is 1. The molecule has 0 aliphatic carbocycles. The molecule has 5 heteroatoms. The fourth-order valence-electron chi connectivity index (χ4n) is 2.27. The minimum Gasteiger partial charge on any atom is -0.354 e. The van der Waals surface area contributed by atoms with Crippen LogP contribution in [0.25, 0.3) is 10.1 Å². The molecule has 19 heavy (non-hydrogen) atoms. The Morgan fingerprint density at radius 1 is 1.37 bits per heavy atom. The predicted molar refractivity (Wildman–Crippen MR) is 75.3 cm³/mol. The molecule has 2 heterocycles. The second-order valence-corrected chi connectivity index (χ2v) is 5.57. The maximum absolute atomic E-state index is 12.3. The summed E-state index contributed by atoms with van der Waals surface area (Å²) < 4.78 is 1.12. The molecular formula is C14H14N2O2S. The van der Waals surface area contributed by atoms with Gasteiger partial charge >= 0.3 is 0 Å². The molecule has 1 aliphatic heterocycles. The maximum atomic E-state index is 12.3. The number of benzene rings is 1. The van der Waals surface area contributed by atoms with Crippen molar-refractivity contribution in [2.24, 2.45) is 0 Å². The van der Waals surface area contributed by atoms with Gasteiger partial charge in [0.25, 0.3) is 5.91 Å². The molecule has 3 rings (SSSR count). The maximum Gasteiger partial charge on any atom is 0.253 e. The van der Waals surface area contributed by atoms with Crippen LogP contribution in [0.15, 0.2) is 29.6 Å². The fraction of sp³-hybridized carbons (Fsp3) is 0.286. The second kappa shape index (κ2) is 5.01. The van der Waals surface area contributed by atoms with Crippen molar-refractivity contribution >= 4 is 33.2 Å². The Bertz CT molecular complexity index is 625. The summed E-state index contributed by atoms with van der Waals surface area (Å²) in [4.78, 5) is 23.3. The average Bonchev–Trinajstić information content (AvgIpc) is 2.85. The van der Waals surface area contributed by atoms with Gasteiger partial charge in [-0.2, -0.15) is 0 Å². The Kier molecular flexibility index (Phi) is 3.21. The van der Waals surface area contributed by atoms with Crippen molar-refractivity contribution in [3.05, 3.63) is 35.2 Å². The zero-order valence-electron chi connectivity index (χ0n) is 10.3. The minimum atomic E-state index is -0.0569. The molecule has 1 aromatic heterocycles. The quantitative estimate of drug-likeness (QED) is 0.879. The lowest BCUT2D eigenvalue weighted by atomic mass is 10.1. The van der Waals surface area contributed by atoms with Crippen LogP contribution in [0.4, 0.5) is 0 Å². The third-order valence-corrected chi connectivity index (χ3v) is 4.29. The number of carbonyl (C=O) groups excluding carboxylic acids is 2. The van der Waals surface area contributed by atoms with E-state index in [0.29, 0.717) is 19.4 Å². The van der Waals surface area contributed by atoms with E-state index >= 15 is 0 Å². The molecule has 1 unspecified atom stereocenters. The average molecular weight is 274 g/mol. The van der Waals surface area contributed by atoms with Crippen LogP contribution in [-0.4, -0.2) is 24.4 Å². The first-order chi connectivity index (χ1) is 9.24. The number of rotatable bonds is 2. The van der Waals surface area contributed by atoms with E-state index in [1.807, 2.05) is 29.6 Å². The van der Waals surface area contributed by atoms with Crippen molar-refractivity contribution in [2.75, 3.05) is 6.54 Å². The molecule has 4 nitrogen and oxygen atoms in total. The first kappa shape index (κ1) is 12.2. The van der Waals surface area contributed by atoms with Gasteiger partial charge in [-0.1, -0.05) is 18.2 Å². The molecule has 1 saturated heterocycles. The molecule has 2 N–H and O–H groups in total. The number of amides is 2. The predicted octanol–water partition coefficient (Wildman–Crippen LogP) is 1.91. The first-order valence-electron chi connectivity index (χ1n) is 6.28. The second-order valence-electron chi connectivity index (χ2n) is 4.66. The zero-order valence-corrected chi connectivity index (χ0v) is 11.1. The lowest BCUT2D eigenvalue weighted by molar-refractivity contribution is -0.122. The van der Waals surface area contributed by atoms with Crippen LogP contribution >= 0.6 is 11.3 Å². The lowest BCUT2D eigenvalue weighted by Crippen LogP contribution is -2.47. The van der Waals surface area contributed by atoms with Crippen LogP contribution in [0.2, 0.25) is 0 Å². The van der Waals surface area contributed by atoms with Crippen LogP contribution < -0.4 is 10.6 Å². The van der Waals surface area contributed by atoms with Gasteiger partial charge in [-0.05, 0) is 12.5 Å². The summed E-state index contributed by atoms with van der Waals surface area (Å²) >= 11 is 1.57. The summed E-state index contributed by atoms with van der Waals surface area (Å²) in [6.07, 6.45) is 1.19. The number of nitrogens with one attached hydrogen (secondary N) is 2. The number of hydrogen-bond donors (Lipinski definition) is 2. The van der Waals surface area contributed by atoms with Gasteiger partial charge in [-0.25, -0.2) is 0 Å². The normalized spacial score (nSPS) is 19.2. The van der Waals surface area contributed by atoms with E-state index < -0.39 is 0 Å². The Morgan fingerprint density at radius 2 is 2.21 bits per heavy atom. The van der Waals surface area contributed by atoms with Crippen molar-refractivity contribution in [2.45, 2.75) is 18.9 Å². The summed E-state index contributed by atoms with van der Waals surface area (Å²) in [6, 6.07) is 7.91. The van der Waals surface area contributed by atoms with Crippen molar-refractivity contribution in [1.82, 2.24) is 10.6 Å². The lowest BCUT2D eigenvalue weighted by Gasteiger charge is -2.23. The van der Waals surface area contributed by atoms with Crippen LogP contribution in [0.1, 0.15) is 23.2 Å². The van der Waals surface area contributed by atoms with Gasteiger partial charge in [0.2, 0.25) is 5.91 Å². The van der Waals surface area contributed by atoms with E-state index in [2.05, 4.69) is 10.6 Å². The molecule has 2 aromatic rings. The van der Waals surface area contributed by atoms with Crippen LogP contribution in [0.5, 0.6) is 0 Å². The summed E-state index contributed by atoms with van der Waals surface area (Å²) in [5.74, 6) is 0.00470. The molecule has 1 fully saturated rings. The minimum absolute atomic E-state index is 0.0314. The van der Waals surface area contributed by atoms with E-state index in [-0.39, 0.29) is 17.9 Å². The van der Waals surface area contributed by atoms with Gasteiger partial charge in [-0.3, -0.25) is 9.59 Å². The van der Waals surface area contributed by atoms with E-state index in [4.69, 9.17) is 0 Å². The standard InChI is InChI=1S/C14H14N2O2S/c17-13-6-5-9(7-15-13)16-14(18)11-8-19-12-4-2-1-3-10(11)12/h1-4,8-9H,5-7H2,(H,15,17)(H,16,18). The van der Waals surface area contributed by atoms with Gasteiger partial charge < -0.3 is 10.6 Å². The summed E-state index contributed by atoms with van der Waals surface area (Å²) in [5, 5.41) is 8.64. The summed E-state index contributed by atoms with van der Waals surface area (Å²) in [6.45, 7) is 0.520. The molecule has 0 spiro atoms. The molecule has 0 bridgehead atoms. The van der Waals surface area contributed by atoms with Gasteiger partial charge in [0.05, 0.1) is 5.56 Å². The van der Waals surface area contributed by atoms with Crippen molar-refractivity contribution in [3.63, 3.8) is 0 Å². The smallest absolute Gasteiger partial charge is 0.253 e. The molecular weight excluding hydrogens is 260 g/mol. The van der Waals surface area contributed by atoms with E-state index in [1.54, 1.807) is 11.3 Å². The largest absolute Gasteiger partial charge is 0.354 e. The molecule has 1 aromatic carbocycles. The Labute approximate surface area is 114 Å². The van der Waals surface area contributed by atoms with E-state index in [0.717, 1.165) is 15.6 Å². The van der Waals surface area contributed by atoms with Gasteiger partial charge in [0.15, 0.2) is 0 Å². The van der Waals surface area contributed by atoms with Crippen molar-refractivity contribution in [3.8, 4) is 0 Å². The highest BCUT2D eigenvalue weighted by Gasteiger charge is 2.21. The van der Waals surface area contributed by atoms with Crippen LogP contribution in [0.3, 0.4) is 0 Å². The van der Waals surface area contributed by atoms with Crippen LogP contribution in [-0.2, 0) is 4.79 Å². The highest BCUT2D eigenvalue weighted by molar-refractivity contribution is 7.17. The number of hydrogen-bond acceptors (Lipinski definition) is 3. The highest BCUT2D eigenvalue weighted by Crippen LogP contribution is 2.25. The molecule has 0 saturated carbocycles. The summed E-state index contributed by atoms with van der Waals surface area (Å²) in [5.41, 5.74) is 0.720. The van der Waals surface area contributed by atoms with Crippen molar-refractivity contribution in [1.29, 1.82) is 0 Å². The van der Waals surface area contributed by atoms with Gasteiger partial charge in [-0.15, -0.1) is 11.3 Å². The molecule has 1 atom stereocenters.